The molecular formula is C62H54N4O. The highest BCUT2D eigenvalue weighted by Crippen LogP contribution is 2.50. The second-order valence-corrected chi connectivity index (χ2v) is 19.5. The second kappa shape index (κ2) is 16.5. The molecule has 1 aliphatic heterocycles. The van der Waals surface area contributed by atoms with E-state index in [1.165, 1.54) is 5.56 Å². The van der Waals surface area contributed by atoms with Crippen LogP contribution in [0.15, 0.2) is 206 Å². The molecule has 0 atom stereocenters. The number of pyridine rings is 1. The molecule has 11 rings (SSSR count). The van der Waals surface area contributed by atoms with Gasteiger partial charge in [0, 0.05) is 45.9 Å². The average molecular weight is 874 g/mol. The van der Waals surface area contributed by atoms with Gasteiger partial charge >= 0.3 is 0 Å². The lowest BCUT2D eigenvalue weighted by Crippen LogP contribution is -2.24. The zero-order chi connectivity index (χ0) is 48.5. The standard InChI is InChI=1S/C62H54N4O/c1-61(2,3)46-23-15-22-44(36-46)45-30-33-55-54(37-45)53-32-31-50(40-58(53)66(55)59-38-47(34-35-63-59)62(4,5)6)67-49-25-16-24-48(39-49)64-41-65(57-29-14-13-28-56(57)64)60-51(42-18-9-7-10-19-42)26-17-27-52(60)43-20-11-8-12-21-43/h7-40H,41H2,1-6H3/i34D,35D,38D. The van der Waals surface area contributed by atoms with Gasteiger partial charge in [-0.2, -0.15) is 0 Å². The van der Waals surface area contributed by atoms with Crippen molar-refractivity contribution in [3.8, 4) is 50.7 Å². The van der Waals surface area contributed by atoms with E-state index < -0.39 is 5.41 Å². The maximum atomic E-state index is 9.57. The van der Waals surface area contributed by atoms with Crippen molar-refractivity contribution in [2.45, 2.75) is 52.4 Å². The van der Waals surface area contributed by atoms with E-state index >= 15 is 0 Å². The van der Waals surface area contributed by atoms with E-state index in [9.17, 15) is 1.37 Å². The number of aromatic nitrogens is 2. The molecule has 0 bridgehead atoms. The lowest BCUT2D eigenvalue weighted by atomic mass is 9.85. The first kappa shape index (κ1) is 38.4. The molecule has 10 aromatic rings. The Morgan fingerprint density at radius 2 is 1.10 bits per heavy atom. The normalized spacial score (nSPS) is 13.4. The van der Waals surface area contributed by atoms with E-state index in [2.05, 4.69) is 199 Å². The molecule has 0 radical (unpaired) electrons. The van der Waals surface area contributed by atoms with Crippen LogP contribution in [0.2, 0.25) is 0 Å². The molecule has 0 saturated heterocycles. The van der Waals surface area contributed by atoms with E-state index in [-0.39, 0.29) is 23.7 Å². The number of fused-ring (bicyclic) bond motifs is 4. The predicted molar refractivity (Wildman–Crippen MR) is 281 cm³/mol. The molecule has 3 heterocycles. The van der Waals surface area contributed by atoms with Crippen molar-refractivity contribution in [3.05, 3.63) is 217 Å². The topological polar surface area (TPSA) is 33.5 Å². The summed E-state index contributed by atoms with van der Waals surface area (Å²) in [5.41, 5.74) is 14.0. The Morgan fingerprint density at radius 3 is 1.81 bits per heavy atom. The number of hydrogen-bond acceptors (Lipinski definition) is 4. The molecular weight excluding hydrogens is 817 g/mol. The Balaban J connectivity index is 1.01. The Morgan fingerprint density at radius 1 is 0.493 bits per heavy atom. The van der Waals surface area contributed by atoms with E-state index in [0.29, 0.717) is 29.5 Å². The molecule has 0 aliphatic carbocycles. The number of benzene rings is 8. The molecule has 0 N–H and O–H groups in total. The van der Waals surface area contributed by atoms with Crippen LogP contribution in [0.25, 0.3) is 61.0 Å². The molecule has 0 saturated carbocycles. The van der Waals surface area contributed by atoms with Crippen molar-refractivity contribution in [3.63, 3.8) is 0 Å². The summed E-state index contributed by atoms with van der Waals surface area (Å²) in [5.74, 6) is 1.60. The van der Waals surface area contributed by atoms with Crippen molar-refractivity contribution in [1.29, 1.82) is 0 Å². The molecule has 328 valence electrons. The first-order chi connectivity index (χ1) is 33.7. The van der Waals surface area contributed by atoms with Crippen LogP contribution in [0.5, 0.6) is 11.5 Å². The zero-order valence-electron chi connectivity index (χ0n) is 41.8. The highest BCUT2D eigenvalue weighted by Gasteiger charge is 2.31. The van der Waals surface area contributed by atoms with Gasteiger partial charge in [-0.1, -0.05) is 169 Å². The molecule has 0 amide bonds. The monoisotopic (exact) mass is 873 g/mol. The third kappa shape index (κ3) is 7.80. The van der Waals surface area contributed by atoms with Crippen LogP contribution in [0.4, 0.5) is 22.7 Å². The maximum Gasteiger partial charge on any atom is 0.137 e. The molecule has 0 spiro atoms. The highest BCUT2D eigenvalue weighted by atomic mass is 16.5. The van der Waals surface area contributed by atoms with Gasteiger partial charge in [0.15, 0.2) is 0 Å². The first-order valence-corrected chi connectivity index (χ1v) is 23.1. The minimum Gasteiger partial charge on any atom is -0.457 e. The van der Waals surface area contributed by atoms with Gasteiger partial charge in [-0.3, -0.25) is 4.57 Å². The molecule has 2 aromatic heterocycles. The fourth-order valence-electron chi connectivity index (χ4n) is 9.44. The summed E-state index contributed by atoms with van der Waals surface area (Å²) < 4.78 is 36.1. The first-order valence-electron chi connectivity index (χ1n) is 24.6. The van der Waals surface area contributed by atoms with Crippen LogP contribution in [-0.4, -0.2) is 16.2 Å². The molecule has 5 heteroatoms. The number of anilines is 4. The number of para-hydroxylation sites is 3. The number of hydrogen-bond donors (Lipinski definition) is 0. The second-order valence-electron chi connectivity index (χ2n) is 19.5. The fraction of sp³-hybridized carbons (Fsp3) is 0.145. The van der Waals surface area contributed by atoms with E-state index in [1.807, 2.05) is 49.6 Å². The quantitative estimate of drug-likeness (QED) is 0.152. The van der Waals surface area contributed by atoms with Crippen molar-refractivity contribution in [2.75, 3.05) is 16.5 Å². The van der Waals surface area contributed by atoms with Gasteiger partial charge in [-0.05, 0) is 105 Å². The third-order valence-electron chi connectivity index (χ3n) is 12.9. The molecule has 1 aliphatic rings. The summed E-state index contributed by atoms with van der Waals surface area (Å²) in [6, 6.07) is 66.0. The number of nitrogens with zero attached hydrogens (tertiary/aromatic N) is 4. The lowest BCUT2D eigenvalue weighted by molar-refractivity contribution is 0.483. The smallest absolute Gasteiger partial charge is 0.137 e. The molecule has 67 heavy (non-hydrogen) atoms. The lowest BCUT2D eigenvalue weighted by Gasteiger charge is -2.27. The van der Waals surface area contributed by atoms with Crippen LogP contribution in [0, 0.1) is 0 Å². The van der Waals surface area contributed by atoms with Crippen molar-refractivity contribution in [1.82, 2.24) is 9.55 Å². The summed E-state index contributed by atoms with van der Waals surface area (Å²) in [4.78, 5) is 9.45. The molecule has 0 fully saturated rings. The Bertz CT molecular complexity index is 3570. The zero-order valence-corrected chi connectivity index (χ0v) is 38.8. The third-order valence-corrected chi connectivity index (χ3v) is 12.9. The largest absolute Gasteiger partial charge is 0.457 e. The van der Waals surface area contributed by atoms with Gasteiger partial charge in [-0.15, -0.1) is 0 Å². The molecule has 8 aromatic carbocycles. The van der Waals surface area contributed by atoms with Gasteiger partial charge in [0.25, 0.3) is 0 Å². The van der Waals surface area contributed by atoms with Crippen LogP contribution in [0.1, 0.15) is 56.8 Å². The Labute approximate surface area is 398 Å². The highest BCUT2D eigenvalue weighted by molar-refractivity contribution is 6.11. The summed E-state index contributed by atoms with van der Waals surface area (Å²) >= 11 is 0. The van der Waals surface area contributed by atoms with Crippen LogP contribution >= 0.6 is 0 Å². The van der Waals surface area contributed by atoms with Crippen molar-refractivity contribution < 1.29 is 8.85 Å². The summed E-state index contributed by atoms with van der Waals surface area (Å²) in [6.45, 7) is 13.2. The maximum absolute atomic E-state index is 9.57. The fourth-order valence-corrected chi connectivity index (χ4v) is 9.44. The number of rotatable bonds is 8. The van der Waals surface area contributed by atoms with Gasteiger partial charge in [-0.25, -0.2) is 4.98 Å². The molecule has 5 nitrogen and oxygen atoms in total. The van der Waals surface area contributed by atoms with Crippen molar-refractivity contribution >= 4 is 44.6 Å². The van der Waals surface area contributed by atoms with Gasteiger partial charge in [0.2, 0.25) is 0 Å². The summed E-state index contributed by atoms with van der Waals surface area (Å²) in [7, 11) is 0. The average Bonchev–Trinajstić information content (AvgIpc) is 3.90. The molecule has 0 unspecified atom stereocenters. The summed E-state index contributed by atoms with van der Waals surface area (Å²) in [5, 5.41) is 1.95. The number of ether oxygens (including phenoxy) is 1. The predicted octanol–water partition coefficient (Wildman–Crippen LogP) is 16.8. The van der Waals surface area contributed by atoms with Crippen LogP contribution in [0.3, 0.4) is 0 Å². The van der Waals surface area contributed by atoms with Gasteiger partial charge in [0.1, 0.15) is 24.0 Å². The minimum atomic E-state index is -0.562. The van der Waals surface area contributed by atoms with Gasteiger partial charge in [0.05, 0.1) is 32.2 Å². The van der Waals surface area contributed by atoms with Crippen LogP contribution in [-0.2, 0) is 10.8 Å². The SMILES string of the molecule is [2H]c1nc(-n2c3ccc(-c4cccc(C(C)(C)C)c4)cc3c3ccc(Oc4cccc(N5CN(c6c(-c7ccccc7)cccc6-c6ccccc6)c6ccccc65)c4)cc32)c([2H])c(C(C)(C)C)c1[2H]. The van der Waals surface area contributed by atoms with Crippen molar-refractivity contribution in [2.24, 2.45) is 0 Å². The van der Waals surface area contributed by atoms with E-state index in [0.717, 1.165) is 77.9 Å². The Kier molecular flexibility index (Phi) is 9.46. The van der Waals surface area contributed by atoms with E-state index in [4.69, 9.17) is 7.48 Å². The summed E-state index contributed by atoms with van der Waals surface area (Å²) in [6.07, 6.45) is -0.160. The Hall–Kier alpha value is -7.89. The minimum absolute atomic E-state index is 0.00828. The van der Waals surface area contributed by atoms with E-state index in [1.54, 1.807) is 0 Å². The van der Waals surface area contributed by atoms with Crippen LogP contribution < -0.4 is 14.5 Å². The van der Waals surface area contributed by atoms with Gasteiger partial charge < -0.3 is 14.5 Å².